The Morgan fingerprint density at radius 3 is 1.56 bits per heavy atom. The molecule has 0 aliphatic rings. The summed E-state index contributed by atoms with van der Waals surface area (Å²) in [6.45, 7) is 1.43. The van der Waals surface area contributed by atoms with Crippen molar-refractivity contribution in [2.24, 2.45) is 0 Å². The summed E-state index contributed by atoms with van der Waals surface area (Å²) in [5, 5.41) is 54.9. The fourth-order valence-corrected chi connectivity index (χ4v) is 8.81. The van der Waals surface area contributed by atoms with Gasteiger partial charge in [-0.05, 0) is 84.0 Å². The summed E-state index contributed by atoms with van der Waals surface area (Å²) in [6, 6.07) is 52.7. The molecule has 0 fully saturated rings. The molecule has 0 aliphatic carbocycles. The zero-order valence-electron chi connectivity index (χ0n) is 31.6. The van der Waals surface area contributed by atoms with Gasteiger partial charge >= 0.3 is 0 Å². The number of benzene rings is 10. The van der Waals surface area contributed by atoms with Crippen molar-refractivity contribution in [2.45, 2.75) is 6.92 Å². The predicted molar refractivity (Wildman–Crippen MR) is 237 cm³/mol. The number of nitrogens with zero attached hydrogens (tertiary/aromatic N) is 3. The third-order valence-corrected chi connectivity index (χ3v) is 11.7. The van der Waals surface area contributed by atoms with Crippen molar-refractivity contribution in [3.05, 3.63) is 163 Å². The number of phenolic OH excluding ortho intramolecular Hbond substituents is 4. The summed E-state index contributed by atoms with van der Waals surface area (Å²) in [6.07, 6.45) is 0. The second kappa shape index (κ2) is 13.0. The molecule has 11 aromatic rings. The Hall–Kier alpha value is -8.03. The van der Waals surface area contributed by atoms with Gasteiger partial charge in [-0.3, -0.25) is 0 Å². The first-order chi connectivity index (χ1) is 28.9. The molecule has 0 saturated heterocycles. The average Bonchev–Trinajstić information content (AvgIpc) is 3.29. The normalized spacial score (nSPS) is 11.7. The van der Waals surface area contributed by atoms with E-state index in [1.807, 2.05) is 103 Å². The van der Waals surface area contributed by atoms with Crippen molar-refractivity contribution in [1.82, 2.24) is 15.0 Å². The SMILES string of the molecule is Cc1c(O)c(O)c(-c2c3ccccc3c(-c3nc(-c4ccccc4)nc(-c4ccc5ccc6cccc7ccc4c5c67)n3)c3ccc(-c4ccccc4)cc23)c(O)c1O. The van der Waals surface area contributed by atoms with E-state index in [1.165, 1.54) is 23.1 Å². The Morgan fingerprint density at radius 1 is 0.339 bits per heavy atom. The Morgan fingerprint density at radius 2 is 0.864 bits per heavy atom. The van der Waals surface area contributed by atoms with Crippen LogP contribution in [0, 0.1) is 6.92 Å². The zero-order chi connectivity index (χ0) is 39.9. The number of hydrogen-bond acceptors (Lipinski definition) is 7. The molecule has 0 atom stereocenters. The fourth-order valence-electron chi connectivity index (χ4n) is 8.81. The van der Waals surface area contributed by atoms with E-state index in [9.17, 15) is 20.4 Å². The summed E-state index contributed by atoms with van der Waals surface area (Å²) >= 11 is 0. The number of aromatic hydroxyl groups is 4. The summed E-state index contributed by atoms with van der Waals surface area (Å²) < 4.78 is 0. The van der Waals surface area contributed by atoms with Crippen LogP contribution >= 0.6 is 0 Å². The van der Waals surface area contributed by atoms with Crippen LogP contribution in [0.2, 0.25) is 0 Å². The second-order valence-corrected chi connectivity index (χ2v) is 15.0. The minimum Gasteiger partial charge on any atom is -0.504 e. The van der Waals surface area contributed by atoms with Crippen LogP contribution in [-0.2, 0) is 0 Å². The molecule has 4 N–H and O–H groups in total. The maximum absolute atomic E-state index is 11.6. The third kappa shape index (κ3) is 5.18. The minimum atomic E-state index is -0.537. The van der Waals surface area contributed by atoms with Crippen LogP contribution in [0.25, 0.3) is 110 Å². The molecule has 0 saturated carbocycles. The Bertz CT molecular complexity index is 3450. The molecule has 59 heavy (non-hydrogen) atoms. The number of rotatable bonds is 5. The summed E-state index contributed by atoms with van der Waals surface area (Å²) in [5.74, 6) is -0.657. The molecule has 280 valence electrons. The van der Waals surface area contributed by atoms with Gasteiger partial charge in [0.05, 0.1) is 5.56 Å². The van der Waals surface area contributed by atoms with Crippen LogP contribution in [0.15, 0.2) is 158 Å². The molecule has 0 bridgehead atoms. The highest BCUT2D eigenvalue weighted by Gasteiger charge is 2.28. The van der Waals surface area contributed by atoms with Crippen LogP contribution in [0.1, 0.15) is 5.56 Å². The first kappa shape index (κ1) is 34.2. The molecular weight excluding hydrogens is 731 g/mol. The zero-order valence-corrected chi connectivity index (χ0v) is 31.6. The minimum absolute atomic E-state index is 0.0306. The van der Waals surface area contributed by atoms with Crippen molar-refractivity contribution in [1.29, 1.82) is 0 Å². The number of phenols is 4. The van der Waals surface area contributed by atoms with Crippen LogP contribution in [0.4, 0.5) is 0 Å². The molecule has 0 radical (unpaired) electrons. The molecule has 11 rings (SSSR count). The molecule has 1 heterocycles. The van der Waals surface area contributed by atoms with E-state index in [4.69, 9.17) is 15.0 Å². The molecule has 10 aromatic carbocycles. The van der Waals surface area contributed by atoms with Gasteiger partial charge < -0.3 is 20.4 Å². The van der Waals surface area contributed by atoms with E-state index in [2.05, 4.69) is 54.6 Å². The van der Waals surface area contributed by atoms with E-state index in [1.54, 1.807) is 0 Å². The smallest absolute Gasteiger partial charge is 0.169 e. The maximum atomic E-state index is 11.6. The summed E-state index contributed by atoms with van der Waals surface area (Å²) in [7, 11) is 0. The van der Waals surface area contributed by atoms with Gasteiger partial charge in [-0.2, -0.15) is 0 Å². The van der Waals surface area contributed by atoms with E-state index in [0.29, 0.717) is 33.8 Å². The standard InChI is InChI=1S/C52H33N3O4/c1-28-46(56)48(58)45(49(59)47(28)57)43-35-17-8-9-18-36(35)44(38-25-23-34(27-40(38)43)29-11-4-2-5-12-29)52-54-50(33-13-6-3-7-14-33)53-51(55-52)39-26-22-32-20-19-30-15-10-16-31-21-24-37(39)42(32)41(30)31/h2-27,56-59H,1H3. The lowest BCUT2D eigenvalue weighted by Crippen LogP contribution is -2.02. The molecule has 7 nitrogen and oxygen atoms in total. The maximum Gasteiger partial charge on any atom is 0.169 e. The van der Waals surface area contributed by atoms with Crippen molar-refractivity contribution in [3.8, 4) is 79.4 Å². The average molecular weight is 764 g/mol. The molecule has 0 aliphatic heterocycles. The van der Waals surface area contributed by atoms with Gasteiger partial charge in [0.15, 0.2) is 40.5 Å². The van der Waals surface area contributed by atoms with Crippen LogP contribution < -0.4 is 0 Å². The van der Waals surface area contributed by atoms with Crippen molar-refractivity contribution < 1.29 is 20.4 Å². The Balaban J connectivity index is 1.27. The first-order valence-corrected chi connectivity index (χ1v) is 19.3. The van der Waals surface area contributed by atoms with Gasteiger partial charge in [-0.15, -0.1) is 0 Å². The van der Waals surface area contributed by atoms with Gasteiger partial charge in [0.2, 0.25) is 0 Å². The molecule has 1 aromatic heterocycles. The quantitative estimate of drug-likeness (QED) is 0.0596. The Kier molecular flexibility index (Phi) is 7.55. The number of hydrogen-bond donors (Lipinski definition) is 4. The lowest BCUT2D eigenvalue weighted by atomic mass is 9.85. The van der Waals surface area contributed by atoms with E-state index >= 15 is 0 Å². The second-order valence-electron chi connectivity index (χ2n) is 15.0. The Labute approximate surface area is 337 Å². The van der Waals surface area contributed by atoms with Crippen molar-refractivity contribution in [3.63, 3.8) is 0 Å². The van der Waals surface area contributed by atoms with Gasteiger partial charge in [-0.25, -0.2) is 15.0 Å². The van der Waals surface area contributed by atoms with Gasteiger partial charge in [0.1, 0.15) is 0 Å². The topological polar surface area (TPSA) is 120 Å². The summed E-state index contributed by atoms with van der Waals surface area (Å²) in [4.78, 5) is 15.7. The number of fused-ring (bicyclic) bond motifs is 2. The largest absolute Gasteiger partial charge is 0.504 e. The number of aromatic nitrogens is 3. The van der Waals surface area contributed by atoms with Gasteiger partial charge in [0.25, 0.3) is 0 Å². The van der Waals surface area contributed by atoms with Crippen LogP contribution in [0.3, 0.4) is 0 Å². The molecular formula is C52H33N3O4. The molecule has 0 unspecified atom stereocenters. The lowest BCUT2D eigenvalue weighted by Gasteiger charge is -2.21. The van der Waals surface area contributed by atoms with E-state index < -0.39 is 23.0 Å². The lowest BCUT2D eigenvalue weighted by molar-refractivity contribution is 0.371. The summed E-state index contributed by atoms with van der Waals surface area (Å²) in [5.41, 5.74) is 4.58. The third-order valence-electron chi connectivity index (χ3n) is 11.7. The van der Waals surface area contributed by atoms with E-state index in [-0.39, 0.29) is 11.1 Å². The van der Waals surface area contributed by atoms with Gasteiger partial charge in [-0.1, -0.05) is 146 Å². The fraction of sp³-hybridized carbons (Fsp3) is 0.0192. The van der Waals surface area contributed by atoms with Crippen molar-refractivity contribution >= 4 is 53.9 Å². The van der Waals surface area contributed by atoms with Crippen LogP contribution in [-0.4, -0.2) is 35.4 Å². The predicted octanol–water partition coefficient (Wildman–Crippen LogP) is 12.5. The highest BCUT2D eigenvalue weighted by atomic mass is 16.3. The van der Waals surface area contributed by atoms with Gasteiger partial charge in [0, 0.05) is 27.8 Å². The highest BCUT2D eigenvalue weighted by molar-refractivity contribution is 6.26. The monoisotopic (exact) mass is 763 g/mol. The molecule has 0 spiro atoms. The van der Waals surface area contributed by atoms with Crippen molar-refractivity contribution in [2.75, 3.05) is 0 Å². The molecule has 7 heteroatoms. The molecule has 0 amide bonds. The van der Waals surface area contributed by atoms with Crippen LogP contribution in [0.5, 0.6) is 23.0 Å². The van der Waals surface area contributed by atoms with E-state index in [0.717, 1.165) is 54.7 Å². The highest BCUT2D eigenvalue weighted by Crippen LogP contribution is 2.55. The first-order valence-electron chi connectivity index (χ1n) is 19.3.